The van der Waals surface area contributed by atoms with E-state index in [9.17, 15) is 5.11 Å². The second-order valence-electron chi connectivity index (χ2n) is 5.44. The van der Waals surface area contributed by atoms with E-state index in [0.717, 1.165) is 18.9 Å². The van der Waals surface area contributed by atoms with Crippen LogP contribution in [0.25, 0.3) is 0 Å². The first-order valence-electron chi connectivity index (χ1n) is 6.67. The van der Waals surface area contributed by atoms with Crippen molar-refractivity contribution in [3.05, 3.63) is 35.4 Å². The van der Waals surface area contributed by atoms with Crippen molar-refractivity contribution < 1.29 is 5.11 Å². The maximum absolute atomic E-state index is 10.1. The Hall–Kier alpha value is -0.860. The molecule has 0 saturated heterocycles. The van der Waals surface area contributed by atoms with Gasteiger partial charge in [-0.05, 0) is 36.4 Å². The first-order chi connectivity index (χ1) is 8.18. The number of aliphatic hydroxyl groups is 1. The lowest BCUT2D eigenvalue weighted by atomic mass is 10.1. The van der Waals surface area contributed by atoms with E-state index in [1.165, 1.54) is 24.0 Å². The molecule has 0 bridgehead atoms. The fraction of sp³-hybridized carbons (Fsp3) is 0.600. The van der Waals surface area contributed by atoms with Crippen LogP contribution in [0, 0.1) is 5.92 Å². The van der Waals surface area contributed by atoms with Crippen LogP contribution in [-0.2, 0) is 6.42 Å². The molecule has 0 fully saturated rings. The van der Waals surface area contributed by atoms with Crippen LogP contribution >= 0.6 is 0 Å². The minimum Gasteiger partial charge on any atom is -0.391 e. The highest BCUT2D eigenvalue weighted by Gasteiger charge is 2.29. The van der Waals surface area contributed by atoms with Crippen LogP contribution in [0.2, 0.25) is 0 Å². The van der Waals surface area contributed by atoms with Gasteiger partial charge in [-0.15, -0.1) is 0 Å². The number of benzene rings is 1. The molecule has 2 heteroatoms. The van der Waals surface area contributed by atoms with Crippen molar-refractivity contribution in [3.8, 4) is 0 Å². The van der Waals surface area contributed by atoms with Crippen molar-refractivity contribution >= 4 is 0 Å². The molecule has 0 aromatic heterocycles. The smallest absolute Gasteiger partial charge is 0.0775 e. The highest BCUT2D eigenvalue weighted by Crippen LogP contribution is 2.31. The van der Waals surface area contributed by atoms with Crippen LogP contribution < -0.4 is 5.32 Å². The van der Waals surface area contributed by atoms with Crippen molar-refractivity contribution in [2.45, 2.75) is 45.3 Å². The van der Waals surface area contributed by atoms with Crippen molar-refractivity contribution in [2.24, 2.45) is 5.92 Å². The summed E-state index contributed by atoms with van der Waals surface area (Å²) < 4.78 is 0. The fourth-order valence-electron chi connectivity index (χ4n) is 2.59. The van der Waals surface area contributed by atoms with Crippen LogP contribution in [0.15, 0.2) is 24.3 Å². The summed E-state index contributed by atoms with van der Waals surface area (Å²) in [4.78, 5) is 0. The van der Waals surface area contributed by atoms with Gasteiger partial charge in [-0.25, -0.2) is 0 Å². The zero-order chi connectivity index (χ0) is 12.3. The predicted molar refractivity (Wildman–Crippen MR) is 71.0 cm³/mol. The van der Waals surface area contributed by atoms with Gasteiger partial charge in [0.1, 0.15) is 0 Å². The zero-order valence-electron chi connectivity index (χ0n) is 10.8. The molecule has 1 aromatic carbocycles. The molecule has 94 valence electrons. The second-order valence-corrected chi connectivity index (χ2v) is 5.44. The van der Waals surface area contributed by atoms with Crippen LogP contribution in [0.5, 0.6) is 0 Å². The fourth-order valence-corrected chi connectivity index (χ4v) is 2.59. The molecule has 0 unspecified atom stereocenters. The largest absolute Gasteiger partial charge is 0.391 e. The quantitative estimate of drug-likeness (QED) is 0.766. The summed E-state index contributed by atoms with van der Waals surface area (Å²) in [5, 5.41) is 13.5. The number of hydrogen-bond donors (Lipinski definition) is 2. The molecule has 0 saturated carbocycles. The summed E-state index contributed by atoms with van der Waals surface area (Å²) in [6.07, 6.45) is 2.96. The topological polar surface area (TPSA) is 32.3 Å². The average Bonchev–Trinajstić information content (AvgIpc) is 2.60. The minimum atomic E-state index is -0.258. The van der Waals surface area contributed by atoms with Crippen molar-refractivity contribution in [1.29, 1.82) is 0 Å². The molecule has 2 N–H and O–H groups in total. The molecular formula is C15H23NO. The maximum atomic E-state index is 10.1. The molecular weight excluding hydrogens is 210 g/mol. The third-order valence-electron chi connectivity index (χ3n) is 3.53. The second kappa shape index (κ2) is 5.65. The molecule has 1 aliphatic rings. The van der Waals surface area contributed by atoms with E-state index in [2.05, 4.69) is 37.4 Å². The molecule has 1 aromatic rings. The zero-order valence-corrected chi connectivity index (χ0v) is 10.8. The van der Waals surface area contributed by atoms with Gasteiger partial charge >= 0.3 is 0 Å². The molecule has 0 heterocycles. The van der Waals surface area contributed by atoms with E-state index in [1.54, 1.807) is 0 Å². The van der Waals surface area contributed by atoms with Gasteiger partial charge in [0.2, 0.25) is 0 Å². The Labute approximate surface area is 104 Å². The number of hydrogen-bond acceptors (Lipinski definition) is 2. The number of rotatable bonds is 5. The Kier molecular flexibility index (Phi) is 4.19. The van der Waals surface area contributed by atoms with E-state index in [1.807, 2.05) is 6.07 Å². The maximum Gasteiger partial charge on any atom is 0.0775 e. The van der Waals surface area contributed by atoms with Crippen LogP contribution in [0.1, 0.15) is 43.9 Å². The normalized spacial score (nSPS) is 23.1. The van der Waals surface area contributed by atoms with E-state index < -0.39 is 0 Å². The predicted octanol–water partition coefficient (Wildman–Crippen LogP) is 2.67. The number of fused-ring (bicyclic) bond motifs is 1. The van der Waals surface area contributed by atoms with Gasteiger partial charge in [0.05, 0.1) is 12.1 Å². The third kappa shape index (κ3) is 3.08. The summed E-state index contributed by atoms with van der Waals surface area (Å²) in [5.74, 6) is 0.762. The van der Waals surface area contributed by atoms with Crippen LogP contribution in [0.4, 0.5) is 0 Å². The highest BCUT2D eigenvalue weighted by atomic mass is 16.3. The number of aliphatic hydroxyl groups excluding tert-OH is 1. The van der Waals surface area contributed by atoms with Crippen molar-refractivity contribution in [2.75, 3.05) is 6.54 Å². The van der Waals surface area contributed by atoms with Gasteiger partial charge in [0.25, 0.3) is 0 Å². The SMILES string of the molecule is CC(C)CCCN[C@@H]1c2ccccc2C[C@@H]1O. The monoisotopic (exact) mass is 233 g/mol. The van der Waals surface area contributed by atoms with Crippen LogP contribution in [-0.4, -0.2) is 17.8 Å². The molecule has 0 aliphatic heterocycles. The van der Waals surface area contributed by atoms with E-state index in [-0.39, 0.29) is 12.1 Å². The molecule has 2 nitrogen and oxygen atoms in total. The Bertz CT molecular complexity index is 362. The Morgan fingerprint density at radius 1 is 1.35 bits per heavy atom. The molecule has 0 radical (unpaired) electrons. The van der Waals surface area contributed by atoms with E-state index in [4.69, 9.17) is 0 Å². The highest BCUT2D eigenvalue weighted by molar-refractivity contribution is 5.36. The average molecular weight is 233 g/mol. The minimum absolute atomic E-state index is 0.137. The summed E-state index contributed by atoms with van der Waals surface area (Å²) in [5.41, 5.74) is 2.57. The van der Waals surface area contributed by atoms with Gasteiger partial charge in [0.15, 0.2) is 0 Å². The van der Waals surface area contributed by atoms with Gasteiger partial charge < -0.3 is 10.4 Å². The van der Waals surface area contributed by atoms with Gasteiger partial charge in [0, 0.05) is 6.42 Å². The Balaban J connectivity index is 1.88. The van der Waals surface area contributed by atoms with Crippen molar-refractivity contribution in [1.82, 2.24) is 5.32 Å². The summed E-state index contributed by atoms with van der Waals surface area (Å²) >= 11 is 0. The summed E-state index contributed by atoms with van der Waals surface area (Å²) in [6, 6.07) is 8.49. The summed E-state index contributed by atoms with van der Waals surface area (Å²) in [7, 11) is 0. The first-order valence-corrected chi connectivity index (χ1v) is 6.67. The molecule has 2 rings (SSSR count). The van der Waals surface area contributed by atoms with Crippen molar-refractivity contribution in [3.63, 3.8) is 0 Å². The lowest BCUT2D eigenvalue weighted by molar-refractivity contribution is 0.141. The third-order valence-corrected chi connectivity index (χ3v) is 3.53. The lowest BCUT2D eigenvalue weighted by Gasteiger charge is -2.18. The standard InChI is InChI=1S/C15H23NO/c1-11(2)6-5-9-16-15-13-8-4-3-7-12(13)10-14(15)17/h3-4,7-8,11,14-17H,5-6,9-10H2,1-2H3/t14-,15+/m0/s1. The molecule has 1 aliphatic carbocycles. The summed E-state index contributed by atoms with van der Waals surface area (Å²) in [6.45, 7) is 5.49. The Morgan fingerprint density at radius 3 is 2.88 bits per heavy atom. The van der Waals surface area contributed by atoms with Gasteiger partial charge in [-0.1, -0.05) is 38.1 Å². The molecule has 17 heavy (non-hydrogen) atoms. The molecule has 0 spiro atoms. The molecule has 2 atom stereocenters. The van der Waals surface area contributed by atoms with Crippen LogP contribution in [0.3, 0.4) is 0 Å². The van der Waals surface area contributed by atoms with E-state index in [0.29, 0.717) is 0 Å². The molecule has 0 amide bonds. The first kappa shape index (κ1) is 12.6. The van der Waals surface area contributed by atoms with Gasteiger partial charge in [-0.2, -0.15) is 0 Å². The Morgan fingerprint density at radius 2 is 2.12 bits per heavy atom. The van der Waals surface area contributed by atoms with E-state index >= 15 is 0 Å². The van der Waals surface area contributed by atoms with Gasteiger partial charge in [-0.3, -0.25) is 0 Å². The number of nitrogens with one attached hydrogen (secondary N) is 1. The lowest BCUT2D eigenvalue weighted by Crippen LogP contribution is -2.29.